The van der Waals surface area contributed by atoms with Gasteiger partial charge in [0.15, 0.2) is 15.3 Å². The summed E-state index contributed by atoms with van der Waals surface area (Å²) < 4.78 is 36.3. The molecule has 1 unspecified atom stereocenters. The summed E-state index contributed by atoms with van der Waals surface area (Å²) in [6, 6.07) is 18.6. The SMILES string of the molecule is O=c1cc(-c2ccc(Cl)cc2)oc2cc(OCC(O)CS(=O)(=O)c3ccc(Cl)cc3)ccc12. The standard InChI is InChI=1S/C24H18Cl2O6S/c25-16-3-1-15(2-4-16)23-12-22(28)21-10-7-19(11-24(21)32-23)31-13-18(27)14-33(29,30)20-8-5-17(26)6-9-20/h1-12,18,27H,13-14H2. The van der Waals surface area contributed by atoms with Crippen molar-refractivity contribution in [1.82, 2.24) is 0 Å². The molecule has 0 fully saturated rings. The van der Waals surface area contributed by atoms with Crippen LogP contribution < -0.4 is 10.2 Å². The Morgan fingerprint density at radius 3 is 2.21 bits per heavy atom. The van der Waals surface area contributed by atoms with Crippen LogP contribution in [0.5, 0.6) is 5.75 Å². The van der Waals surface area contributed by atoms with Gasteiger partial charge in [-0.1, -0.05) is 23.2 Å². The van der Waals surface area contributed by atoms with E-state index in [1.54, 1.807) is 36.4 Å². The van der Waals surface area contributed by atoms with E-state index in [-0.39, 0.29) is 16.9 Å². The number of benzene rings is 3. The summed E-state index contributed by atoms with van der Waals surface area (Å²) in [6.07, 6.45) is -1.27. The third-order valence-corrected chi connectivity index (χ3v) is 7.17. The van der Waals surface area contributed by atoms with Crippen molar-refractivity contribution in [1.29, 1.82) is 0 Å². The van der Waals surface area contributed by atoms with E-state index in [0.29, 0.717) is 38.1 Å². The summed E-state index contributed by atoms with van der Waals surface area (Å²) >= 11 is 11.7. The second-order valence-corrected chi connectivity index (χ2v) is 10.2. The Bertz CT molecular complexity index is 1450. The summed E-state index contributed by atoms with van der Waals surface area (Å²) in [6.45, 7) is -0.264. The van der Waals surface area contributed by atoms with E-state index in [9.17, 15) is 18.3 Å². The summed E-state index contributed by atoms with van der Waals surface area (Å²) in [4.78, 5) is 12.6. The van der Waals surface area contributed by atoms with E-state index >= 15 is 0 Å². The molecule has 0 aliphatic rings. The van der Waals surface area contributed by atoms with Gasteiger partial charge < -0.3 is 14.3 Å². The largest absolute Gasteiger partial charge is 0.491 e. The molecule has 0 amide bonds. The minimum atomic E-state index is -3.72. The van der Waals surface area contributed by atoms with Gasteiger partial charge in [-0.2, -0.15) is 0 Å². The predicted octanol–water partition coefficient (Wildman–Crippen LogP) is 4.98. The van der Waals surface area contributed by atoms with Crippen molar-refractivity contribution in [2.45, 2.75) is 11.0 Å². The molecule has 9 heteroatoms. The van der Waals surface area contributed by atoms with Crippen molar-refractivity contribution in [2.75, 3.05) is 12.4 Å². The molecular weight excluding hydrogens is 487 g/mol. The first-order valence-electron chi connectivity index (χ1n) is 9.84. The Morgan fingerprint density at radius 1 is 0.909 bits per heavy atom. The third-order valence-electron chi connectivity index (χ3n) is 4.86. The second kappa shape index (κ2) is 9.57. The third kappa shape index (κ3) is 5.57. The zero-order chi connectivity index (χ0) is 23.6. The summed E-state index contributed by atoms with van der Waals surface area (Å²) in [5, 5.41) is 11.6. The van der Waals surface area contributed by atoms with Crippen LogP contribution in [0.4, 0.5) is 0 Å². The molecule has 3 aromatic carbocycles. The molecule has 4 rings (SSSR count). The van der Waals surface area contributed by atoms with Crippen LogP contribution in [0.3, 0.4) is 0 Å². The van der Waals surface area contributed by atoms with E-state index in [0.717, 1.165) is 0 Å². The van der Waals surface area contributed by atoms with E-state index in [4.69, 9.17) is 32.4 Å². The van der Waals surface area contributed by atoms with E-state index < -0.39 is 21.7 Å². The van der Waals surface area contributed by atoms with Gasteiger partial charge in [0.25, 0.3) is 0 Å². The maximum absolute atomic E-state index is 12.5. The summed E-state index contributed by atoms with van der Waals surface area (Å²) in [5.41, 5.74) is 0.766. The minimum absolute atomic E-state index is 0.0631. The Labute approximate surface area is 199 Å². The van der Waals surface area contributed by atoms with Gasteiger partial charge in [-0.25, -0.2) is 8.42 Å². The highest BCUT2D eigenvalue weighted by Crippen LogP contribution is 2.26. The molecule has 0 aliphatic heterocycles. The highest BCUT2D eigenvalue weighted by molar-refractivity contribution is 7.91. The molecule has 1 aromatic heterocycles. The van der Waals surface area contributed by atoms with Crippen molar-refractivity contribution in [3.05, 3.63) is 93.1 Å². The highest BCUT2D eigenvalue weighted by atomic mass is 35.5. The van der Waals surface area contributed by atoms with E-state index in [2.05, 4.69) is 0 Å². The molecule has 33 heavy (non-hydrogen) atoms. The predicted molar refractivity (Wildman–Crippen MR) is 128 cm³/mol. The lowest BCUT2D eigenvalue weighted by Gasteiger charge is -2.13. The number of hydrogen-bond acceptors (Lipinski definition) is 6. The van der Waals surface area contributed by atoms with Gasteiger partial charge in [-0.15, -0.1) is 0 Å². The monoisotopic (exact) mass is 504 g/mol. The molecule has 1 heterocycles. The molecule has 0 aliphatic carbocycles. The van der Waals surface area contributed by atoms with E-state index in [1.165, 1.54) is 36.4 Å². The number of aliphatic hydroxyl groups is 1. The highest BCUT2D eigenvalue weighted by Gasteiger charge is 2.20. The van der Waals surface area contributed by atoms with Crippen LogP contribution in [0.1, 0.15) is 0 Å². The molecule has 4 aromatic rings. The number of aliphatic hydroxyl groups excluding tert-OH is 1. The van der Waals surface area contributed by atoms with Crippen LogP contribution in [0.15, 0.2) is 86.9 Å². The van der Waals surface area contributed by atoms with Crippen molar-refractivity contribution in [3.63, 3.8) is 0 Å². The number of rotatable bonds is 7. The quantitative estimate of drug-likeness (QED) is 0.381. The molecular formula is C24H18Cl2O6S. The average Bonchev–Trinajstić information content (AvgIpc) is 2.78. The molecule has 0 saturated carbocycles. The molecule has 0 radical (unpaired) electrons. The lowest BCUT2D eigenvalue weighted by molar-refractivity contribution is 0.125. The molecule has 0 bridgehead atoms. The number of fused-ring (bicyclic) bond motifs is 1. The number of hydrogen-bond donors (Lipinski definition) is 1. The average molecular weight is 505 g/mol. The maximum atomic E-state index is 12.5. The first kappa shape index (κ1) is 23.3. The van der Waals surface area contributed by atoms with Crippen LogP contribution >= 0.6 is 23.2 Å². The summed E-state index contributed by atoms with van der Waals surface area (Å²) in [7, 11) is -3.72. The normalized spacial score (nSPS) is 12.6. The maximum Gasteiger partial charge on any atom is 0.193 e. The fourth-order valence-corrected chi connectivity index (χ4v) is 4.81. The Kier molecular flexibility index (Phi) is 6.76. The van der Waals surface area contributed by atoms with Gasteiger partial charge in [0.05, 0.1) is 16.0 Å². The molecule has 0 saturated heterocycles. The Morgan fingerprint density at radius 2 is 1.55 bits per heavy atom. The smallest absolute Gasteiger partial charge is 0.193 e. The molecule has 170 valence electrons. The zero-order valence-electron chi connectivity index (χ0n) is 17.1. The van der Waals surface area contributed by atoms with E-state index in [1.807, 2.05) is 0 Å². The van der Waals surface area contributed by atoms with Crippen molar-refractivity contribution in [2.24, 2.45) is 0 Å². The summed E-state index contributed by atoms with van der Waals surface area (Å²) in [5.74, 6) is 0.176. The van der Waals surface area contributed by atoms with Crippen molar-refractivity contribution in [3.8, 4) is 17.1 Å². The molecule has 6 nitrogen and oxygen atoms in total. The zero-order valence-corrected chi connectivity index (χ0v) is 19.4. The van der Waals surface area contributed by atoms with Crippen LogP contribution in [0.25, 0.3) is 22.3 Å². The van der Waals surface area contributed by atoms with Gasteiger partial charge in [0, 0.05) is 27.7 Å². The topological polar surface area (TPSA) is 93.8 Å². The van der Waals surface area contributed by atoms with Crippen molar-refractivity contribution < 1.29 is 22.7 Å². The van der Waals surface area contributed by atoms with Crippen LogP contribution in [0.2, 0.25) is 10.0 Å². The fraction of sp³-hybridized carbons (Fsp3) is 0.125. The second-order valence-electron chi connectivity index (χ2n) is 7.34. The van der Waals surface area contributed by atoms with Gasteiger partial charge in [0.2, 0.25) is 0 Å². The van der Waals surface area contributed by atoms with Gasteiger partial charge in [-0.3, -0.25) is 4.79 Å². The number of sulfone groups is 1. The molecule has 1 N–H and O–H groups in total. The van der Waals surface area contributed by atoms with Crippen LogP contribution in [-0.2, 0) is 9.84 Å². The van der Waals surface area contributed by atoms with Crippen molar-refractivity contribution >= 4 is 44.0 Å². The minimum Gasteiger partial charge on any atom is -0.491 e. The van der Waals surface area contributed by atoms with Gasteiger partial charge in [0.1, 0.15) is 29.8 Å². The van der Waals surface area contributed by atoms with Crippen LogP contribution in [-0.4, -0.2) is 32.0 Å². The first-order chi connectivity index (χ1) is 15.7. The number of halogens is 2. The Balaban J connectivity index is 1.50. The number of ether oxygens (including phenoxy) is 1. The van der Waals surface area contributed by atoms with Crippen LogP contribution in [0, 0.1) is 0 Å². The van der Waals surface area contributed by atoms with Gasteiger partial charge >= 0.3 is 0 Å². The lowest BCUT2D eigenvalue weighted by atomic mass is 10.1. The Hall–Kier alpha value is -2.84. The molecule has 0 spiro atoms. The van der Waals surface area contributed by atoms with Gasteiger partial charge in [-0.05, 0) is 60.7 Å². The fourth-order valence-electron chi connectivity index (χ4n) is 3.21. The molecule has 1 atom stereocenters. The lowest BCUT2D eigenvalue weighted by Crippen LogP contribution is -2.27. The first-order valence-corrected chi connectivity index (χ1v) is 12.3.